The van der Waals surface area contributed by atoms with Crippen LogP contribution in [-0.4, -0.2) is 46.4 Å². The molecule has 1 aromatic rings. The van der Waals surface area contributed by atoms with Crippen molar-refractivity contribution in [2.24, 2.45) is 0 Å². The van der Waals surface area contributed by atoms with Crippen LogP contribution in [-0.2, 0) is 14.8 Å². The Morgan fingerprint density at radius 1 is 1.53 bits per heavy atom. The summed E-state index contributed by atoms with van der Waals surface area (Å²) in [6, 6.07) is -0.975. The van der Waals surface area contributed by atoms with E-state index in [1.807, 2.05) is 0 Å². The van der Waals surface area contributed by atoms with Gasteiger partial charge in [0.15, 0.2) is 5.03 Å². The number of rotatable bonds is 3. The number of aromatic amines is 1. The van der Waals surface area contributed by atoms with E-state index in [4.69, 9.17) is 5.11 Å². The number of H-pyrrole nitrogens is 1. The van der Waals surface area contributed by atoms with Crippen LogP contribution in [0.5, 0.6) is 0 Å². The third kappa shape index (κ3) is 2.18. The van der Waals surface area contributed by atoms with Crippen LogP contribution in [0.2, 0.25) is 0 Å². The second kappa shape index (κ2) is 4.46. The maximum atomic E-state index is 12.2. The molecular weight excluding hydrogens is 246 g/mol. The lowest BCUT2D eigenvalue weighted by Crippen LogP contribution is -2.47. The quantitative estimate of drug-likeness (QED) is 0.797. The van der Waals surface area contributed by atoms with Crippen molar-refractivity contribution < 1.29 is 18.3 Å². The van der Waals surface area contributed by atoms with E-state index in [0.29, 0.717) is 12.8 Å². The summed E-state index contributed by atoms with van der Waals surface area (Å²) >= 11 is 0. The maximum absolute atomic E-state index is 12.2. The third-order valence-corrected chi connectivity index (χ3v) is 4.63. The number of carboxylic acid groups (broad SMARTS) is 1. The van der Waals surface area contributed by atoms with Gasteiger partial charge in [0.2, 0.25) is 0 Å². The zero-order chi connectivity index (χ0) is 12.5. The van der Waals surface area contributed by atoms with E-state index in [-0.39, 0.29) is 11.6 Å². The van der Waals surface area contributed by atoms with Crippen LogP contribution in [0.3, 0.4) is 0 Å². The lowest BCUT2D eigenvalue weighted by Gasteiger charge is -2.31. The second-order valence-corrected chi connectivity index (χ2v) is 5.74. The van der Waals surface area contributed by atoms with Crippen molar-refractivity contribution in [3.8, 4) is 0 Å². The summed E-state index contributed by atoms with van der Waals surface area (Å²) in [4.78, 5) is 17.2. The number of hydrogen-bond donors (Lipinski definition) is 2. The molecule has 2 heterocycles. The van der Waals surface area contributed by atoms with Crippen molar-refractivity contribution in [2.45, 2.75) is 30.3 Å². The van der Waals surface area contributed by atoms with Gasteiger partial charge in [0.25, 0.3) is 10.0 Å². The number of carbonyl (C=O) groups is 1. The number of aromatic nitrogens is 2. The minimum Gasteiger partial charge on any atom is -0.480 e. The molecule has 0 aliphatic carbocycles. The molecule has 94 valence electrons. The number of sulfonamides is 1. The van der Waals surface area contributed by atoms with Crippen LogP contribution in [0.15, 0.2) is 17.6 Å². The van der Waals surface area contributed by atoms with Crippen LogP contribution >= 0.6 is 0 Å². The van der Waals surface area contributed by atoms with E-state index in [2.05, 4.69) is 9.97 Å². The molecular formula is C9H13N3O4S. The number of hydrogen-bond acceptors (Lipinski definition) is 4. The van der Waals surface area contributed by atoms with Gasteiger partial charge in [0, 0.05) is 6.54 Å². The summed E-state index contributed by atoms with van der Waals surface area (Å²) in [7, 11) is -3.78. The standard InChI is InChI=1S/C9H13N3O4S/c13-9(14)7-3-1-2-4-12(7)17(15,16)8-5-10-6-11-8/h5-7H,1-4H2,(H,10,11)(H,13,14)/t7-/m0/s1. The van der Waals surface area contributed by atoms with Crippen molar-refractivity contribution >= 4 is 16.0 Å². The Balaban J connectivity index is 2.34. The lowest BCUT2D eigenvalue weighted by atomic mass is 10.1. The molecule has 1 atom stereocenters. The number of carboxylic acids is 1. The van der Waals surface area contributed by atoms with Gasteiger partial charge in [0.05, 0.1) is 12.5 Å². The first-order chi connectivity index (χ1) is 8.03. The van der Waals surface area contributed by atoms with Gasteiger partial charge < -0.3 is 10.1 Å². The van der Waals surface area contributed by atoms with E-state index in [1.54, 1.807) is 0 Å². The Bertz CT molecular complexity index is 496. The average Bonchev–Trinajstić information content (AvgIpc) is 2.83. The zero-order valence-electron chi connectivity index (χ0n) is 9.04. The molecule has 2 N–H and O–H groups in total. The molecule has 1 saturated heterocycles. The van der Waals surface area contributed by atoms with Gasteiger partial charge in [-0.3, -0.25) is 4.79 Å². The normalized spacial score (nSPS) is 22.5. The summed E-state index contributed by atoms with van der Waals surface area (Å²) in [5, 5.41) is 8.97. The number of imidazole rings is 1. The molecule has 17 heavy (non-hydrogen) atoms. The average molecular weight is 259 g/mol. The van der Waals surface area contributed by atoms with Gasteiger partial charge >= 0.3 is 5.97 Å². The van der Waals surface area contributed by atoms with Gasteiger partial charge in [0.1, 0.15) is 6.04 Å². The molecule has 0 bridgehead atoms. The summed E-state index contributed by atoms with van der Waals surface area (Å²) in [6.45, 7) is 0.234. The molecule has 1 fully saturated rings. The first-order valence-corrected chi connectivity index (χ1v) is 6.70. The molecule has 0 radical (unpaired) electrons. The molecule has 1 aliphatic heterocycles. The van der Waals surface area contributed by atoms with Crippen molar-refractivity contribution in [2.75, 3.05) is 6.54 Å². The highest BCUT2D eigenvalue weighted by atomic mass is 32.2. The summed E-state index contributed by atoms with van der Waals surface area (Å²) in [5.41, 5.74) is 0. The summed E-state index contributed by atoms with van der Waals surface area (Å²) < 4.78 is 25.3. The lowest BCUT2D eigenvalue weighted by molar-refractivity contribution is -0.142. The Morgan fingerprint density at radius 2 is 2.29 bits per heavy atom. The fraction of sp³-hybridized carbons (Fsp3) is 0.556. The monoisotopic (exact) mass is 259 g/mol. The van der Waals surface area contributed by atoms with Crippen LogP contribution in [0, 0.1) is 0 Å². The minimum absolute atomic E-state index is 0.0642. The van der Waals surface area contributed by atoms with E-state index < -0.39 is 22.0 Å². The molecule has 0 saturated carbocycles. The largest absolute Gasteiger partial charge is 0.480 e. The van der Waals surface area contributed by atoms with Gasteiger partial charge in [-0.05, 0) is 19.3 Å². The van der Waals surface area contributed by atoms with Crippen molar-refractivity contribution in [3.63, 3.8) is 0 Å². The number of nitrogens with one attached hydrogen (secondary N) is 1. The highest BCUT2D eigenvalue weighted by molar-refractivity contribution is 7.89. The van der Waals surface area contributed by atoms with Crippen molar-refractivity contribution in [3.05, 3.63) is 12.5 Å². The second-order valence-electron chi connectivity index (χ2n) is 3.88. The van der Waals surface area contributed by atoms with E-state index in [0.717, 1.165) is 10.7 Å². The molecule has 7 nitrogen and oxygen atoms in total. The van der Waals surface area contributed by atoms with Crippen LogP contribution in [0.4, 0.5) is 0 Å². The van der Waals surface area contributed by atoms with Gasteiger partial charge in [-0.15, -0.1) is 0 Å². The summed E-state index contributed by atoms with van der Waals surface area (Å²) in [5.74, 6) is -1.10. The first-order valence-electron chi connectivity index (χ1n) is 5.26. The predicted molar refractivity (Wildman–Crippen MR) is 57.8 cm³/mol. The fourth-order valence-electron chi connectivity index (χ4n) is 1.95. The van der Waals surface area contributed by atoms with Crippen LogP contribution < -0.4 is 0 Å². The number of nitrogens with zero attached hydrogens (tertiary/aromatic N) is 2. The number of aliphatic carboxylic acids is 1. The van der Waals surface area contributed by atoms with Crippen LogP contribution in [0.1, 0.15) is 19.3 Å². The molecule has 1 aliphatic rings. The minimum atomic E-state index is -3.78. The van der Waals surface area contributed by atoms with E-state index in [9.17, 15) is 13.2 Å². The highest BCUT2D eigenvalue weighted by Gasteiger charge is 2.38. The molecule has 8 heteroatoms. The Kier molecular flexibility index (Phi) is 3.16. The molecule has 1 aromatic heterocycles. The molecule has 0 amide bonds. The zero-order valence-corrected chi connectivity index (χ0v) is 9.85. The van der Waals surface area contributed by atoms with Gasteiger partial charge in [-0.25, -0.2) is 13.4 Å². The van der Waals surface area contributed by atoms with E-state index in [1.165, 1.54) is 12.5 Å². The van der Waals surface area contributed by atoms with Gasteiger partial charge in [-0.1, -0.05) is 0 Å². The smallest absolute Gasteiger partial charge is 0.322 e. The van der Waals surface area contributed by atoms with Crippen molar-refractivity contribution in [1.29, 1.82) is 0 Å². The highest BCUT2D eigenvalue weighted by Crippen LogP contribution is 2.24. The fourth-order valence-corrected chi connectivity index (χ4v) is 3.50. The molecule has 2 rings (SSSR count). The van der Waals surface area contributed by atoms with Gasteiger partial charge in [-0.2, -0.15) is 4.31 Å². The molecule has 0 unspecified atom stereocenters. The third-order valence-electron chi connectivity index (χ3n) is 2.80. The van der Waals surface area contributed by atoms with Crippen LogP contribution in [0.25, 0.3) is 0 Å². The predicted octanol–water partition coefficient (Wildman–Crippen LogP) is 0.0375. The SMILES string of the molecule is O=C(O)[C@@H]1CCCCN1S(=O)(=O)c1cnc[nH]1. The summed E-state index contributed by atoms with van der Waals surface area (Å²) in [6.07, 6.45) is 4.20. The Morgan fingerprint density at radius 3 is 2.88 bits per heavy atom. The van der Waals surface area contributed by atoms with Crippen molar-refractivity contribution in [1.82, 2.24) is 14.3 Å². The maximum Gasteiger partial charge on any atom is 0.322 e. The Hall–Kier alpha value is -1.41. The first kappa shape index (κ1) is 12.1. The number of piperidine rings is 1. The molecule has 0 spiro atoms. The Labute approximate surface area is 98.5 Å². The molecule has 0 aromatic carbocycles. The van der Waals surface area contributed by atoms with E-state index >= 15 is 0 Å². The topological polar surface area (TPSA) is 103 Å².